The van der Waals surface area contributed by atoms with Gasteiger partial charge in [-0.2, -0.15) is 0 Å². The molecule has 86 valence electrons. The minimum Gasteiger partial charge on any atom is -0.441 e. The summed E-state index contributed by atoms with van der Waals surface area (Å²) in [6, 6.07) is 5.57. The number of nitrogen functional groups attached to an aromatic ring is 1. The van der Waals surface area contributed by atoms with E-state index in [1.165, 1.54) is 0 Å². The number of methoxy groups -OCH3 is 1. The maximum atomic E-state index is 5.81. The van der Waals surface area contributed by atoms with Crippen LogP contribution in [-0.2, 0) is 11.2 Å². The second-order valence-corrected chi connectivity index (χ2v) is 4.07. The van der Waals surface area contributed by atoms with Gasteiger partial charge in [-0.25, -0.2) is 4.98 Å². The number of nitrogens with two attached hydrogens (primary N) is 1. The van der Waals surface area contributed by atoms with Gasteiger partial charge in [-0.05, 0) is 18.1 Å². The van der Waals surface area contributed by atoms with Crippen molar-refractivity contribution in [3.8, 4) is 0 Å². The lowest BCUT2D eigenvalue weighted by atomic mass is 10.1. The number of ether oxygens (including phenoxy) is 1. The first-order chi connectivity index (χ1) is 7.70. The molecule has 4 heteroatoms. The number of aromatic nitrogens is 1. The van der Waals surface area contributed by atoms with Crippen LogP contribution < -0.4 is 5.73 Å². The molecule has 2 rings (SSSR count). The van der Waals surface area contributed by atoms with Crippen molar-refractivity contribution in [3.63, 3.8) is 0 Å². The number of nitrogens with zero attached hydrogens (tertiary/aromatic N) is 1. The highest BCUT2D eigenvalue weighted by Gasteiger charge is 2.11. The van der Waals surface area contributed by atoms with Crippen LogP contribution in [0.2, 0.25) is 0 Å². The molecule has 0 bridgehead atoms. The van der Waals surface area contributed by atoms with Gasteiger partial charge in [-0.3, -0.25) is 0 Å². The minimum atomic E-state index is 0.388. The van der Waals surface area contributed by atoms with Crippen molar-refractivity contribution < 1.29 is 9.15 Å². The molecule has 2 aromatic rings. The van der Waals surface area contributed by atoms with Crippen LogP contribution in [0.1, 0.15) is 12.8 Å². The summed E-state index contributed by atoms with van der Waals surface area (Å²) in [5.74, 6) is 1.11. The Morgan fingerprint density at radius 2 is 2.31 bits per heavy atom. The molecule has 1 aromatic heterocycles. The van der Waals surface area contributed by atoms with Crippen LogP contribution in [0.5, 0.6) is 0 Å². The summed E-state index contributed by atoms with van der Waals surface area (Å²) in [4.78, 5) is 4.39. The molecule has 1 heterocycles. The van der Waals surface area contributed by atoms with E-state index in [1.807, 2.05) is 18.2 Å². The zero-order valence-electron chi connectivity index (χ0n) is 9.56. The molecule has 0 radical (unpaired) electrons. The van der Waals surface area contributed by atoms with E-state index in [0.29, 0.717) is 18.2 Å². The molecule has 4 nitrogen and oxygen atoms in total. The monoisotopic (exact) mass is 220 g/mol. The third-order valence-corrected chi connectivity index (χ3v) is 2.47. The van der Waals surface area contributed by atoms with Gasteiger partial charge >= 0.3 is 0 Å². The first-order valence-electron chi connectivity index (χ1n) is 5.33. The van der Waals surface area contributed by atoms with Gasteiger partial charge in [-0.1, -0.05) is 13.0 Å². The third-order valence-electron chi connectivity index (χ3n) is 2.47. The summed E-state index contributed by atoms with van der Waals surface area (Å²) in [5.41, 5.74) is 7.97. The Morgan fingerprint density at radius 3 is 3.00 bits per heavy atom. The standard InChI is InChI=1S/C12H16N2O2/c1-8(7-15-2)6-11-14-12-9(13)4-3-5-10(12)16-11/h3-5,8H,6-7,13H2,1-2H3. The lowest BCUT2D eigenvalue weighted by Crippen LogP contribution is -2.07. The van der Waals surface area contributed by atoms with Crippen LogP contribution in [0.3, 0.4) is 0 Å². The molecule has 16 heavy (non-hydrogen) atoms. The molecular weight excluding hydrogens is 204 g/mol. The Labute approximate surface area is 94.4 Å². The van der Waals surface area contributed by atoms with E-state index in [0.717, 1.165) is 23.4 Å². The highest BCUT2D eigenvalue weighted by atomic mass is 16.5. The maximum Gasteiger partial charge on any atom is 0.195 e. The number of hydrogen-bond donors (Lipinski definition) is 1. The van der Waals surface area contributed by atoms with Crippen molar-refractivity contribution in [2.24, 2.45) is 5.92 Å². The summed E-state index contributed by atoms with van der Waals surface area (Å²) < 4.78 is 10.7. The average Bonchev–Trinajstić information content (AvgIpc) is 2.62. The topological polar surface area (TPSA) is 61.3 Å². The highest BCUT2D eigenvalue weighted by molar-refractivity contribution is 5.85. The fraction of sp³-hybridized carbons (Fsp3) is 0.417. The number of rotatable bonds is 4. The van der Waals surface area contributed by atoms with Crippen molar-refractivity contribution in [1.82, 2.24) is 4.98 Å². The molecule has 1 atom stereocenters. The van der Waals surface area contributed by atoms with E-state index in [2.05, 4.69) is 11.9 Å². The Hall–Kier alpha value is -1.55. The van der Waals surface area contributed by atoms with Crippen LogP contribution in [0.25, 0.3) is 11.1 Å². The zero-order chi connectivity index (χ0) is 11.5. The Bertz CT molecular complexity index is 479. The van der Waals surface area contributed by atoms with Crippen LogP contribution >= 0.6 is 0 Å². The van der Waals surface area contributed by atoms with Gasteiger partial charge in [0.2, 0.25) is 0 Å². The molecular formula is C12H16N2O2. The predicted molar refractivity (Wildman–Crippen MR) is 63.2 cm³/mol. The molecule has 0 amide bonds. The van der Waals surface area contributed by atoms with Crippen LogP contribution in [0.15, 0.2) is 22.6 Å². The summed E-state index contributed by atoms with van der Waals surface area (Å²) in [7, 11) is 1.69. The number of hydrogen-bond acceptors (Lipinski definition) is 4. The zero-order valence-corrected chi connectivity index (χ0v) is 9.56. The van der Waals surface area contributed by atoms with Gasteiger partial charge in [0.25, 0.3) is 0 Å². The van der Waals surface area contributed by atoms with Gasteiger partial charge in [0.15, 0.2) is 11.5 Å². The molecule has 2 N–H and O–H groups in total. The largest absolute Gasteiger partial charge is 0.441 e. The van der Waals surface area contributed by atoms with Crippen LogP contribution in [-0.4, -0.2) is 18.7 Å². The summed E-state index contributed by atoms with van der Waals surface area (Å²) >= 11 is 0. The molecule has 0 saturated carbocycles. The number of fused-ring (bicyclic) bond motifs is 1. The minimum absolute atomic E-state index is 0.388. The number of para-hydroxylation sites is 1. The molecule has 0 aliphatic rings. The molecule has 1 aromatic carbocycles. The van der Waals surface area contributed by atoms with Crippen molar-refractivity contribution in [1.29, 1.82) is 0 Å². The van der Waals surface area contributed by atoms with Gasteiger partial charge in [0.1, 0.15) is 5.52 Å². The van der Waals surface area contributed by atoms with Gasteiger partial charge in [-0.15, -0.1) is 0 Å². The smallest absolute Gasteiger partial charge is 0.195 e. The third kappa shape index (κ3) is 2.17. The predicted octanol–water partition coefficient (Wildman–Crippen LogP) is 2.24. The fourth-order valence-electron chi connectivity index (χ4n) is 1.74. The van der Waals surface area contributed by atoms with E-state index >= 15 is 0 Å². The van der Waals surface area contributed by atoms with E-state index in [4.69, 9.17) is 14.9 Å². The SMILES string of the molecule is COCC(C)Cc1nc2c(N)cccc2o1. The molecule has 0 aliphatic heterocycles. The maximum absolute atomic E-state index is 5.81. The lowest BCUT2D eigenvalue weighted by molar-refractivity contribution is 0.156. The van der Waals surface area contributed by atoms with Crippen molar-refractivity contribution in [2.45, 2.75) is 13.3 Å². The molecule has 1 unspecified atom stereocenters. The second-order valence-electron chi connectivity index (χ2n) is 4.07. The number of benzene rings is 1. The normalized spacial score (nSPS) is 13.1. The first-order valence-corrected chi connectivity index (χ1v) is 5.33. The quantitative estimate of drug-likeness (QED) is 0.803. The van der Waals surface area contributed by atoms with Gasteiger partial charge in [0.05, 0.1) is 5.69 Å². The average molecular weight is 220 g/mol. The lowest BCUT2D eigenvalue weighted by Gasteiger charge is -2.05. The first kappa shape index (κ1) is 11.0. The van der Waals surface area contributed by atoms with E-state index in [9.17, 15) is 0 Å². The van der Waals surface area contributed by atoms with Gasteiger partial charge < -0.3 is 14.9 Å². The molecule has 0 aliphatic carbocycles. The molecule has 0 spiro atoms. The summed E-state index contributed by atoms with van der Waals surface area (Å²) in [6.07, 6.45) is 0.766. The number of anilines is 1. The van der Waals surface area contributed by atoms with E-state index in [1.54, 1.807) is 7.11 Å². The number of oxazole rings is 1. The van der Waals surface area contributed by atoms with Crippen LogP contribution in [0, 0.1) is 5.92 Å². The fourth-order valence-corrected chi connectivity index (χ4v) is 1.74. The van der Waals surface area contributed by atoms with E-state index < -0.39 is 0 Å². The van der Waals surface area contributed by atoms with Gasteiger partial charge in [0, 0.05) is 20.1 Å². The molecule has 0 fully saturated rings. The van der Waals surface area contributed by atoms with Crippen LogP contribution in [0.4, 0.5) is 5.69 Å². The highest BCUT2D eigenvalue weighted by Crippen LogP contribution is 2.22. The van der Waals surface area contributed by atoms with E-state index in [-0.39, 0.29) is 0 Å². The van der Waals surface area contributed by atoms with Crippen molar-refractivity contribution in [2.75, 3.05) is 19.5 Å². The van der Waals surface area contributed by atoms with Crippen molar-refractivity contribution in [3.05, 3.63) is 24.1 Å². The molecule has 0 saturated heterocycles. The Morgan fingerprint density at radius 1 is 1.50 bits per heavy atom. The summed E-state index contributed by atoms with van der Waals surface area (Å²) in [5, 5.41) is 0. The second kappa shape index (κ2) is 4.53. The Kier molecular flexibility index (Phi) is 3.10. The Balaban J connectivity index is 2.23. The summed E-state index contributed by atoms with van der Waals surface area (Å²) in [6.45, 7) is 2.80. The van der Waals surface area contributed by atoms with Crippen molar-refractivity contribution >= 4 is 16.8 Å².